The van der Waals surface area contributed by atoms with Crippen LogP contribution in [0.25, 0.3) is 0 Å². The van der Waals surface area contributed by atoms with E-state index < -0.39 is 5.97 Å². The van der Waals surface area contributed by atoms with Crippen LogP contribution in [0, 0.1) is 17.8 Å². The van der Waals surface area contributed by atoms with E-state index in [0.717, 1.165) is 31.1 Å². The zero-order valence-corrected chi connectivity index (χ0v) is 11.3. The summed E-state index contributed by atoms with van der Waals surface area (Å²) < 4.78 is 0. The standard InChI is InChI=1S/C14H28O2/c1-5-13(14(15)16)10-8-6-7-9-12(4)11(2)3/h11-13H,5-10H2,1-4H3,(H,15,16). The molecule has 2 heteroatoms. The third-order valence-electron chi connectivity index (χ3n) is 3.69. The lowest BCUT2D eigenvalue weighted by Crippen LogP contribution is -2.12. The summed E-state index contributed by atoms with van der Waals surface area (Å²) in [5.41, 5.74) is 0. The van der Waals surface area contributed by atoms with Crippen molar-refractivity contribution in [2.45, 2.75) is 66.2 Å². The van der Waals surface area contributed by atoms with Crippen LogP contribution in [0.4, 0.5) is 0 Å². The normalized spacial score (nSPS) is 15.1. The minimum atomic E-state index is -0.627. The van der Waals surface area contributed by atoms with Gasteiger partial charge in [0.25, 0.3) is 0 Å². The van der Waals surface area contributed by atoms with Crippen LogP contribution in [0.3, 0.4) is 0 Å². The lowest BCUT2D eigenvalue weighted by Gasteiger charge is -2.15. The third-order valence-corrected chi connectivity index (χ3v) is 3.69. The van der Waals surface area contributed by atoms with Gasteiger partial charge in [-0.25, -0.2) is 0 Å². The van der Waals surface area contributed by atoms with E-state index >= 15 is 0 Å². The smallest absolute Gasteiger partial charge is 0.306 e. The van der Waals surface area contributed by atoms with Gasteiger partial charge in [-0.3, -0.25) is 4.79 Å². The molecule has 0 aromatic carbocycles. The second kappa shape index (κ2) is 8.60. The molecule has 0 saturated carbocycles. The summed E-state index contributed by atoms with van der Waals surface area (Å²) in [5, 5.41) is 8.89. The molecule has 1 N–H and O–H groups in total. The van der Waals surface area contributed by atoms with Gasteiger partial charge in [0.05, 0.1) is 5.92 Å². The first-order valence-corrected chi connectivity index (χ1v) is 6.71. The molecule has 0 aromatic heterocycles. The molecule has 0 aliphatic heterocycles. The first-order chi connectivity index (χ1) is 7.49. The fraction of sp³-hybridized carbons (Fsp3) is 0.929. The van der Waals surface area contributed by atoms with Gasteiger partial charge in [0.15, 0.2) is 0 Å². The minimum absolute atomic E-state index is 0.123. The van der Waals surface area contributed by atoms with Crippen LogP contribution < -0.4 is 0 Å². The number of aliphatic carboxylic acids is 1. The summed E-state index contributed by atoms with van der Waals surface area (Å²) in [5.74, 6) is 0.810. The van der Waals surface area contributed by atoms with Crippen molar-refractivity contribution in [3.8, 4) is 0 Å². The van der Waals surface area contributed by atoms with E-state index in [1.54, 1.807) is 0 Å². The van der Waals surface area contributed by atoms with Crippen molar-refractivity contribution in [1.82, 2.24) is 0 Å². The van der Waals surface area contributed by atoms with Gasteiger partial charge in [-0.15, -0.1) is 0 Å². The molecule has 2 unspecified atom stereocenters. The maximum atomic E-state index is 10.8. The molecule has 96 valence electrons. The average molecular weight is 228 g/mol. The Hall–Kier alpha value is -0.530. The van der Waals surface area contributed by atoms with Crippen LogP contribution in [0.15, 0.2) is 0 Å². The second-order valence-electron chi connectivity index (χ2n) is 5.30. The third kappa shape index (κ3) is 6.86. The number of carboxylic acid groups (broad SMARTS) is 1. The first-order valence-electron chi connectivity index (χ1n) is 6.71. The predicted octanol–water partition coefficient (Wildman–Crippen LogP) is 4.34. The summed E-state index contributed by atoms with van der Waals surface area (Å²) in [6.45, 7) is 8.79. The topological polar surface area (TPSA) is 37.3 Å². The van der Waals surface area contributed by atoms with Gasteiger partial charge < -0.3 is 5.11 Å². The van der Waals surface area contributed by atoms with E-state index in [-0.39, 0.29) is 5.92 Å². The van der Waals surface area contributed by atoms with E-state index in [4.69, 9.17) is 5.11 Å². The van der Waals surface area contributed by atoms with Gasteiger partial charge in [0.1, 0.15) is 0 Å². The Balaban J connectivity index is 3.49. The molecule has 0 rings (SSSR count). The van der Waals surface area contributed by atoms with Crippen molar-refractivity contribution in [3.63, 3.8) is 0 Å². The number of carboxylic acids is 1. The first kappa shape index (κ1) is 15.5. The summed E-state index contributed by atoms with van der Waals surface area (Å²) in [6.07, 6.45) is 6.38. The van der Waals surface area contributed by atoms with Crippen LogP contribution in [-0.4, -0.2) is 11.1 Å². The SMILES string of the molecule is CCC(CCCCCC(C)C(C)C)C(=O)O. The maximum absolute atomic E-state index is 10.8. The van der Waals surface area contributed by atoms with E-state index in [1.807, 2.05) is 6.92 Å². The molecule has 0 heterocycles. The zero-order chi connectivity index (χ0) is 12.6. The van der Waals surface area contributed by atoms with Crippen LogP contribution in [0.2, 0.25) is 0 Å². The molecular formula is C14H28O2. The quantitative estimate of drug-likeness (QED) is 0.596. The summed E-state index contributed by atoms with van der Waals surface area (Å²) >= 11 is 0. The highest BCUT2D eigenvalue weighted by Crippen LogP contribution is 2.19. The molecule has 0 bridgehead atoms. The molecule has 2 nitrogen and oxygen atoms in total. The molecule has 0 saturated heterocycles. The molecule has 0 aliphatic carbocycles. The number of unbranched alkanes of at least 4 members (excludes halogenated alkanes) is 2. The second-order valence-corrected chi connectivity index (χ2v) is 5.30. The highest BCUT2D eigenvalue weighted by Gasteiger charge is 2.14. The Bertz CT molecular complexity index is 187. The van der Waals surface area contributed by atoms with Gasteiger partial charge in [-0.2, -0.15) is 0 Å². The Kier molecular flexibility index (Phi) is 8.32. The van der Waals surface area contributed by atoms with E-state index in [9.17, 15) is 4.79 Å². The van der Waals surface area contributed by atoms with Crippen LogP contribution in [0.5, 0.6) is 0 Å². The number of rotatable bonds is 9. The summed E-state index contributed by atoms with van der Waals surface area (Å²) in [6, 6.07) is 0. The molecule has 0 fully saturated rings. The Morgan fingerprint density at radius 1 is 1.06 bits per heavy atom. The Morgan fingerprint density at radius 2 is 1.62 bits per heavy atom. The van der Waals surface area contributed by atoms with Crippen molar-refractivity contribution in [2.75, 3.05) is 0 Å². The number of carbonyl (C=O) groups is 1. The molecule has 0 aromatic rings. The Morgan fingerprint density at radius 3 is 2.06 bits per heavy atom. The molecule has 0 amide bonds. The fourth-order valence-corrected chi connectivity index (χ4v) is 1.87. The van der Waals surface area contributed by atoms with Crippen molar-refractivity contribution in [3.05, 3.63) is 0 Å². The van der Waals surface area contributed by atoms with Crippen LogP contribution in [0.1, 0.15) is 66.2 Å². The van der Waals surface area contributed by atoms with Crippen LogP contribution in [-0.2, 0) is 4.79 Å². The van der Waals surface area contributed by atoms with Gasteiger partial charge in [-0.1, -0.05) is 53.4 Å². The molecule has 0 radical (unpaired) electrons. The molecule has 2 atom stereocenters. The zero-order valence-electron chi connectivity index (χ0n) is 11.3. The van der Waals surface area contributed by atoms with Crippen molar-refractivity contribution in [2.24, 2.45) is 17.8 Å². The van der Waals surface area contributed by atoms with Gasteiger partial charge >= 0.3 is 5.97 Å². The lowest BCUT2D eigenvalue weighted by molar-refractivity contribution is -0.142. The van der Waals surface area contributed by atoms with Crippen LogP contribution >= 0.6 is 0 Å². The fourth-order valence-electron chi connectivity index (χ4n) is 1.87. The maximum Gasteiger partial charge on any atom is 0.306 e. The molecular weight excluding hydrogens is 200 g/mol. The van der Waals surface area contributed by atoms with Crippen molar-refractivity contribution >= 4 is 5.97 Å². The van der Waals surface area contributed by atoms with Gasteiger partial charge in [-0.05, 0) is 24.7 Å². The van der Waals surface area contributed by atoms with Crippen molar-refractivity contribution in [1.29, 1.82) is 0 Å². The van der Waals surface area contributed by atoms with Crippen molar-refractivity contribution < 1.29 is 9.90 Å². The molecule has 0 aliphatic rings. The van der Waals surface area contributed by atoms with Gasteiger partial charge in [0, 0.05) is 0 Å². The average Bonchev–Trinajstić information content (AvgIpc) is 2.22. The summed E-state index contributed by atoms with van der Waals surface area (Å²) in [4.78, 5) is 10.8. The minimum Gasteiger partial charge on any atom is -0.481 e. The summed E-state index contributed by atoms with van der Waals surface area (Å²) in [7, 11) is 0. The monoisotopic (exact) mass is 228 g/mol. The highest BCUT2D eigenvalue weighted by molar-refractivity contribution is 5.69. The number of hydrogen-bond acceptors (Lipinski definition) is 1. The lowest BCUT2D eigenvalue weighted by atomic mass is 9.91. The molecule has 16 heavy (non-hydrogen) atoms. The Labute approximate surface area is 100 Å². The van der Waals surface area contributed by atoms with E-state index in [1.165, 1.54) is 19.3 Å². The largest absolute Gasteiger partial charge is 0.481 e. The number of hydrogen-bond donors (Lipinski definition) is 1. The van der Waals surface area contributed by atoms with E-state index in [0.29, 0.717) is 0 Å². The highest BCUT2D eigenvalue weighted by atomic mass is 16.4. The van der Waals surface area contributed by atoms with Gasteiger partial charge in [0.2, 0.25) is 0 Å². The molecule has 0 spiro atoms. The predicted molar refractivity (Wildman–Crippen MR) is 68.5 cm³/mol. The van der Waals surface area contributed by atoms with E-state index in [2.05, 4.69) is 20.8 Å².